The number of carboxylic acid groups (broad SMARTS) is 1. The predicted octanol–water partition coefficient (Wildman–Crippen LogP) is 5.22. The predicted molar refractivity (Wildman–Crippen MR) is 107 cm³/mol. The van der Waals surface area contributed by atoms with Crippen molar-refractivity contribution >= 4 is 5.97 Å². The van der Waals surface area contributed by atoms with Crippen molar-refractivity contribution in [3.05, 3.63) is 101 Å². The fourth-order valence-electron chi connectivity index (χ4n) is 3.08. The van der Waals surface area contributed by atoms with Crippen molar-refractivity contribution in [2.24, 2.45) is 0 Å². The van der Waals surface area contributed by atoms with Crippen LogP contribution in [0.4, 0.5) is 0 Å². The molecule has 0 aliphatic heterocycles. The lowest BCUT2D eigenvalue weighted by atomic mass is 9.78. The van der Waals surface area contributed by atoms with E-state index in [9.17, 15) is 4.79 Å². The summed E-state index contributed by atoms with van der Waals surface area (Å²) in [5, 5.41) is 8.82. The molecule has 3 heteroatoms. The second-order valence-corrected chi connectivity index (χ2v) is 7.19. The Balaban J connectivity index is 1.63. The number of hydrogen-bond acceptors (Lipinski definition) is 2. The molecule has 27 heavy (non-hydrogen) atoms. The van der Waals surface area contributed by atoms with Crippen molar-refractivity contribution in [2.75, 3.05) is 0 Å². The Kier molecular flexibility index (Phi) is 5.60. The number of benzene rings is 3. The van der Waals surface area contributed by atoms with Crippen LogP contribution in [0.25, 0.3) is 0 Å². The topological polar surface area (TPSA) is 46.5 Å². The average Bonchev–Trinajstić information content (AvgIpc) is 2.68. The van der Waals surface area contributed by atoms with E-state index < -0.39 is 5.97 Å². The standard InChI is InChI=1S/C24H24O3/c1-24(2,20-6-4-3-5-7-20)21-12-14-22(15-13-21)27-17-19-10-8-18(9-11-19)16-23(25)26/h3-15H,16-17H2,1-2H3,(H,25,26). The second-order valence-electron chi connectivity index (χ2n) is 7.19. The molecule has 0 bridgehead atoms. The van der Waals surface area contributed by atoms with Gasteiger partial charge >= 0.3 is 5.97 Å². The van der Waals surface area contributed by atoms with E-state index in [2.05, 4.69) is 50.2 Å². The smallest absolute Gasteiger partial charge is 0.307 e. The van der Waals surface area contributed by atoms with Gasteiger partial charge in [0.15, 0.2) is 0 Å². The summed E-state index contributed by atoms with van der Waals surface area (Å²) in [5.74, 6) is -0.00487. The van der Waals surface area contributed by atoms with Crippen molar-refractivity contribution in [3.63, 3.8) is 0 Å². The van der Waals surface area contributed by atoms with E-state index in [0.29, 0.717) is 6.61 Å². The molecule has 0 aliphatic rings. The van der Waals surface area contributed by atoms with E-state index in [4.69, 9.17) is 9.84 Å². The Morgan fingerprint density at radius 2 is 1.37 bits per heavy atom. The highest BCUT2D eigenvalue weighted by molar-refractivity contribution is 5.70. The third-order valence-electron chi connectivity index (χ3n) is 4.86. The SMILES string of the molecule is CC(C)(c1ccccc1)c1ccc(OCc2ccc(CC(=O)O)cc2)cc1. The summed E-state index contributed by atoms with van der Waals surface area (Å²) in [5.41, 5.74) is 4.25. The van der Waals surface area contributed by atoms with Gasteiger partial charge in [-0.1, -0.05) is 80.6 Å². The molecule has 3 nitrogen and oxygen atoms in total. The highest BCUT2D eigenvalue weighted by Crippen LogP contribution is 2.32. The third-order valence-corrected chi connectivity index (χ3v) is 4.86. The first kappa shape index (κ1) is 18.7. The van der Waals surface area contributed by atoms with Gasteiger partial charge in [0, 0.05) is 5.41 Å². The molecular formula is C24H24O3. The molecule has 138 valence electrons. The zero-order valence-corrected chi connectivity index (χ0v) is 15.7. The van der Waals surface area contributed by atoms with Crippen LogP contribution >= 0.6 is 0 Å². The van der Waals surface area contributed by atoms with Gasteiger partial charge < -0.3 is 9.84 Å². The minimum absolute atomic E-state index is 0.0415. The summed E-state index contributed by atoms with van der Waals surface area (Å²) in [4.78, 5) is 10.7. The van der Waals surface area contributed by atoms with E-state index in [1.165, 1.54) is 11.1 Å². The second kappa shape index (κ2) is 8.09. The number of carbonyl (C=O) groups is 1. The lowest BCUT2D eigenvalue weighted by Gasteiger charge is -2.26. The van der Waals surface area contributed by atoms with Crippen LogP contribution in [0.5, 0.6) is 5.75 Å². The van der Waals surface area contributed by atoms with Gasteiger partial charge in [-0.15, -0.1) is 0 Å². The van der Waals surface area contributed by atoms with Crippen molar-refractivity contribution in [1.29, 1.82) is 0 Å². The minimum Gasteiger partial charge on any atom is -0.489 e. The average molecular weight is 360 g/mol. The monoisotopic (exact) mass is 360 g/mol. The quantitative estimate of drug-likeness (QED) is 0.628. The molecule has 0 saturated carbocycles. The van der Waals surface area contributed by atoms with Crippen LogP contribution in [0.15, 0.2) is 78.9 Å². The van der Waals surface area contributed by atoms with E-state index in [1.807, 2.05) is 42.5 Å². The van der Waals surface area contributed by atoms with E-state index in [-0.39, 0.29) is 11.8 Å². The van der Waals surface area contributed by atoms with Crippen LogP contribution in [0.1, 0.15) is 36.1 Å². The number of hydrogen-bond donors (Lipinski definition) is 1. The Hall–Kier alpha value is -3.07. The lowest BCUT2D eigenvalue weighted by Crippen LogP contribution is -2.18. The molecular weight excluding hydrogens is 336 g/mol. The summed E-state index contributed by atoms with van der Waals surface area (Å²) in [6, 6.07) is 26.2. The molecule has 3 aromatic rings. The molecule has 0 saturated heterocycles. The highest BCUT2D eigenvalue weighted by Gasteiger charge is 2.22. The highest BCUT2D eigenvalue weighted by atomic mass is 16.5. The van der Waals surface area contributed by atoms with Gasteiger partial charge in [0.25, 0.3) is 0 Å². The number of carboxylic acids is 1. The maximum Gasteiger partial charge on any atom is 0.307 e. The normalized spacial score (nSPS) is 11.2. The molecule has 0 amide bonds. The summed E-state index contributed by atoms with van der Waals surface area (Å²) >= 11 is 0. The molecule has 0 heterocycles. The van der Waals surface area contributed by atoms with E-state index in [0.717, 1.165) is 16.9 Å². The molecule has 1 N–H and O–H groups in total. The summed E-state index contributed by atoms with van der Waals surface area (Å²) in [7, 11) is 0. The maximum atomic E-state index is 10.7. The van der Waals surface area contributed by atoms with Crippen LogP contribution < -0.4 is 4.74 Å². The molecule has 0 atom stereocenters. The van der Waals surface area contributed by atoms with Crippen LogP contribution in [-0.2, 0) is 23.2 Å². The molecule has 3 aromatic carbocycles. The van der Waals surface area contributed by atoms with Gasteiger partial charge in [-0.05, 0) is 34.4 Å². The van der Waals surface area contributed by atoms with Gasteiger partial charge in [0.2, 0.25) is 0 Å². The number of rotatable bonds is 7. The summed E-state index contributed by atoms with van der Waals surface area (Å²) in [6.45, 7) is 4.89. The van der Waals surface area contributed by atoms with Crippen molar-refractivity contribution in [2.45, 2.75) is 32.3 Å². The van der Waals surface area contributed by atoms with E-state index >= 15 is 0 Å². The van der Waals surface area contributed by atoms with Gasteiger partial charge in [-0.25, -0.2) is 0 Å². The Morgan fingerprint density at radius 3 is 1.96 bits per heavy atom. The molecule has 0 aliphatic carbocycles. The zero-order valence-electron chi connectivity index (χ0n) is 15.7. The van der Waals surface area contributed by atoms with Crippen molar-refractivity contribution < 1.29 is 14.6 Å². The Labute approximate surface area is 160 Å². The molecule has 3 rings (SSSR count). The number of aliphatic carboxylic acids is 1. The van der Waals surface area contributed by atoms with Gasteiger partial charge in [0.05, 0.1) is 6.42 Å². The summed E-state index contributed by atoms with van der Waals surface area (Å²) in [6.07, 6.45) is 0.0415. The van der Waals surface area contributed by atoms with Crippen LogP contribution in [-0.4, -0.2) is 11.1 Å². The van der Waals surface area contributed by atoms with Crippen molar-refractivity contribution in [3.8, 4) is 5.75 Å². The van der Waals surface area contributed by atoms with Crippen LogP contribution in [0, 0.1) is 0 Å². The number of ether oxygens (including phenoxy) is 1. The Morgan fingerprint density at radius 1 is 0.815 bits per heavy atom. The van der Waals surface area contributed by atoms with Gasteiger partial charge in [-0.2, -0.15) is 0 Å². The van der Waals surface area contributed by atoms with E-state index in [1.54, 1.807) is 0 Å². The molecule has 0 spiro atoms. The van der Waals surface area contributed by atoms with Crippen LogP contribution in [0.3, 0.4) is 0 Å². The summed E-state index contributed by atoms with van der Waals surface area (Å²) < 4.78 is 5.87. The Bertz CT molecular complexity index is 879. The third kappa shape index (κ3) is 4.76. The first-order chi connectivity index (χ1) is 12.9. The molecule has 0 unspecified atom stereocenters. The maximum absolute atomic E-state index is 10.7. The first-order valence-electron chi connectivity index (χ1n) is 9.03. The fraction of sp³-hybridized carbons (Fsp3) is 0.208. The lowest BCUT2D eigenvalue weighted by molar-refractivity contribution is -0.136. The minimum atomic E-state index is -0.822. The zero-order chi connectivity index (χ0) is 19.3. The van der Waals surface area contributed by atoms with Gasteiger partial charge in [0.1, 0.15) is 12.4 Å². The molecule has 0 radical (unpaired) electrons. The largest absolute Gasteiger partial charge is 0.489 e. The first-order valence-corrected chi connectivity index (χ1v) is 9.03. The molecule has 0 fully saturated rings. The van der Waals surface area contributed by atoms with Gasteiger partial charge in [-0.3, -0.25) is 4.79 Å². The molecule has 0 aromatic heterocycles. The van der Waals surface area contributed by atoms with Crippen LogP contribution in [0.2, 0.25) is 0 Å². The fourth-order valence-corrected chi connectivity index (χ4v) is 3.08. The van der Waals surface area contributed by atoms with Crippen molar-refractivity contribution in [1.82, 2.24) is 0 Å².